The third-order valence-corrected chi connectivity index (χ3v) is 3.94. The third kappa shape index (κ3) is 2.60. The Labute approximate surface area is 119 Å². The summed E-state index contributed by atoms with van der Waals surface area (Å²) < 4.78 is 10.6. The molecule has 2 aromatic heterocycles. The maximum atomic E-state index is 12.3. The van der Waals surface area contributed by atoms with Crippen molar-refractivity contribution in [3.8, 4) is 10.8 Å². The molecule has 3 rings (SSSR count). The molecule has 0 radical (unpaired) electrons. The molecule has 3 heterocycles. The number of morpholine rings is 1. The molecule has 1 saturated heterocycles. The van der Waals surface area contributed by atoms with Crippen molar-refractivity contribution in [2.45, 2.75) is 6.10 Å². The standard InChI is InChI=1S/C13H14N2O4S/c16-7-9-6-15(3-5-18-9)13(17)10-8-20-12(14-10)11-2-1-4-19-11/h1-2,4,8-9,16H,3,5-7H2. The van der Waals surface area contributed by atoms with Crippen LogP contribution in [0.2, 0.25) is 0 Å². The first-order valence-electron chi connectivity index (χ1n) is 6.29. The largest absolute Gasteiger partial charge is 0.462 e. The van der Waals surface area contributed by atoms with E-state index in [0.29, 0.717) is 36.2 Å². The van der Waals surface area contributed by atoms with Crippen LogP contribution in [0.3, 0.4) is 0 Å². The minimum absolute atomic E-state index is 0.0848. The second-order valence-corrected chi connectivity index (χ2v) is 5.30. The van der Waals surface area contributed by atoms with E-state index >= 15 is 0 Å². The molecule has 6 nitrogen and oxygen atoms in total. The first-order chi connectivity index (χ1) is 9.78. The molecule has 20 heavy (non-hydrogen) atoms. The van der Waals surface area contributed by atoms with E-state index in [1.807, 2.05) is 6.07 Å². The van der Waals surface area contributed by atoms with Crippen LogP contribution in [0.4, 0.5) is 0 Å². The third-order valence-electron chi connectivity index (χ3n) is 3.08. The molecule has 1 aliphatic rings. The van der Waals surface area contributed by atoms with Crippen molar-refractivity contribution in [1.82, 2.24) is 9.88 Å². The summed E-state index contributed by atoms with van der Waals surface area (Å²) in [6.07, 6.45) is 1.27. The minimum Gasteiger partial charge on any atom is -0.462 e. The van der Waals surface area contributed by atoms with Gasteiger partial charge in [-0.25, -0.2) is 4.98 Å². The molecule has 0 saturated carbocycles. The van der Waals surface area contributed by atoms with E-state index in [4.69, 9.17) is 14.3 Å². The molecule has 1 unspecified atom stereocenters. The van der Waals surface area contributed by atoms with Crippen LogP contribution in [0.15, 0.2) is 28.2 Å². The maximum absolute atomic E-state index is 12.3. The van der Waals surface area contributed by atoms with Crippen LogP contribution in [0.25, 0.3) is 10.8 Å². The van der Waals surface area contributed by atoms with Gasteiger partial charge in [0.2, 0.25) is 0 Å². The van der Waals surface area contributed by atoms with Crippen molar-refractivity contribution >= 4 is 17.2 Å². The van der Waals surface area contributed by atoms with Crippen LogP contribution in [-0.2, 0) is 4.74 Å². The van der Waals surface area contributed by atoms with Gasteiger partial charge in [-0.05, 0) is 12.1 Å². The van der Waals surface area contributed by atoms with Crippen LogP contribution in [-0.4, -0.2) is 53.3 Å². The Balaban J connectivity index is 1.74. The number of carbonyl (C=O) groups excluding carboxylic acids is 1. The second-order valence-electron chi connectivity index (χ2n) is 4.44. The van der Waals surface area contributed by atoms with Crippen LogP contribution in [0.1, 0.15) is 10.5 Å². The van der Waals surface area contributed by atoms with Gasteiger partial charge in [-0.2, -0.15) is 0 Å². The number of nitrogens with zero attached hydrogens (tertiary/aromatic N) is 2. The molecule has 1 N–H and O–H groups in total. The van der Waals surface area contributed by atoms with Crippen LogP contribution < -0.4 is 0 Å². The summed E-state index contributed by atoms with van der Waals surface area (Å²) in [5.74, 6) is 0.519. The molecular weight excluding hydrogens is 280 g/mol. The fourth-order valence-electron chi connectivity index (χ4n) is 2.06. The average Bonchev–Trinajstić information content (AvgIpc) is 3.17. The maximum Gasteiger partial charge on any atom is 0.273 e. The van der Waals surface area contributed by atoms with Crippen molar-refractivity contribution in [3.63, 3.8) is 0 Å². The molecule has 0 aliphatic carbocycles. The van der Waals surface area contributed by atoms with Crippen molar-refractivity contribution in [2.75, 3.05) is 26.3 Å². The fourth-order valence-corrected chi connectivity index (χ4v) is 2.82. The monoisotopic (exact) mass is 294 g/mol. The zero-order valence-electron chi connectivity index (χ0n) is 10.7. The van der Waals surface area contributed by atoms with Crippen molar-refractivity contribution in [2.24, 2.45) is 0 Å². The average molecular weight is 294 g/mol. The number of furan rings is 1. The Morgan fingerprint density at radius 3 is 3.25 bits per heavy atom. The van der Waals surface area contributed by atoms with E-state index in [1.165, 1.54) is 11.3 Å². The van der Waals surface area contributed by atoms with Gasteiger partial charge in [0.15, 0.2) is 10.8 Å². The zero-order chi connectivity index (χ0) is 13.9. The van der Waals surface area contributed by atoms with Crippen LogP contribution >= 0.6 is 11.3 Å². The number of hydrogen-bond donors (Lipinski definition) is 1. The van der Waals surface area contributed by atoms with E-state index in [1.54, 1.807) is 22.6 Å². The molecule has 1 aliphatic heterocycles. The molecule has 7 heteroatoms. The van der Waals surface area contributed by atoms with Gasteiger partial charge in [0.05, 0.1) is 25.6 Å². The van der Waals surface area contributed by atoms with Gasteiger partial charge >= 0.3 is 0 Å². The number of hydrogen-bond acceptors (Lipinski definition) is 6. The fraction of sp³-hybridized carbons (Fsp3) is 0.385. The molecule has 1 fully saturated rings. The van der Waals surface area contributed by atoms with E-state index in [-0.39, 0.29) is 18.6 Å². The number of aromatic nitrogens is 1. The molecular formula is C13H14N2O4S. The lowest BCUT2D eigenvalue weighted by atomic mass is 10.2. The number of ether oxygens (including phenoxy) is 1. The highest BCUT2D eigenvalue weighted by Gasteiger charge is 2.26. The lowest BCUT2D eigenvalue weighted by Crippen LogP contribution is -2.47. The minimum atomic E-state index is -0.309. The predicted octanol–water partition coefficient (Wildman–Crippen LogP) is 1.24. The SMILES string of the molecule is O=C(c1csc(-c2ccco2)n1)N1CCOC(CO)C1. The Morgan fingerprint density at radius 1 is 1.60 bits per heavy atom. The molecule has 1 atom stereocenters. The van der Waals surface area contributed by atoms with Gasteiger partial charge in [0, 0.05) is 18.5 Å². The van der Waals surface area contributed by atoms with Gasteiger partial charge < -0.3 is 19.2 Å². The van der Waals surface area contributed by atoms with E-state index in [2.05, 4.69) is 4.98 Å². The topological polar surface area (TPSA) is 75.8 Å². The van der Waals surface area contributed by atoms with E-state index in [0.717, 1.165) is 0 Å². The summed E-state index contributed by atoms with van der Waals surface area (Å²) in [6, 6.07) is 3.59. The second kappa shape index (κ2) is 5.74. The number of thiazole rings is 1. The number of aliphatic hydroxyl groups is 1. The van der Waals surface area contributed by atoms with Crippen molar-refractivity contribution in [1.29, 1.82) is 0 Å². The summed E-state index contributed by atoms with van der Waals surface area (Å²) >= 11 is 1.37. The lowest BCUT2D eigenvalue weighted by Gasteiger charge is -2.31. The summed E-state index contributed by atoms with van der Waals surface area (Å²) in [5.41, 5.74) is 0.403. The Morgan fingerprint density at radius 2 is 2.50 bits per heavy atom. The number of carbonyl (C=O) groups is 1. The van der Waals surface area contributed by atoms with Crippen molar-refractivity contribution in [3.05, 3.63) is 29.5 Å². The van der Waals surface area contributed by atoms with Gasteiger partial charge in [0.1, 0.15) is 5.69 Å². The summed E-state index contributed by atoms with van der Waals surface area (Å²) in [7, 11) is 0. The molecule has 0 bridgehead atoms. The predicted molar refractivity (Wildman–Crippen MR) is 72.5 cm³/mol. The van der Waals surface area contributed by atoms with Crippen molar-refractivity contribution < 1.29 is 19.1 Å². The highest BCUT2D eigenvalue weighted by atomic mass is 32.1. The molecule has 106 valence electrons. The lowest BCUT2D eigenvalue weighted by molar-refractivity contribution is -0.0448. The number of rotatable bonds is 3. The normalized spacial score (nSPS) is 19.2. The summed E-state index contributed by atoms with van der Waals surface area (Å²) in [6.45, 7) is 1.26. The van der Waals surface area contributed by atoms with Gasteiger partial charge in [-0.1, -0.05) is 0 Å². The highest BCUT2D eigenvalue weighted by molar-refractivity contribution is 7.13. The van der Waals surface area contributed by atoms with Gasteiger partial charge in [-0.3, -0.25) is 4.79 Å². The van der Waals surface area contributed by atoms with E-state index < -0.39 is 0 Å². The quantitative estimate of drug-likeness (QED) is 0.921. The molecule has 1 amide bonds. The van der Waals surface area contributed by atoms with Gasteiger partial charge in [-0.15, -0.1) is 11.3 Å². The smallest absolute Gasteiger partial charge is 0.273 e. The van der Waals surface area contributed by atoms with Crippen LogP contribution in [0.5, 0.6) is 0 Å². The first kappa shape index (κ1) is 13.3. The molecule has 0 spiro atoms. The Kier molecular flexibility index (Phi) is 3.81. The highest BCUT2D eigenvalue weighted by Crippen LogP contribution is 2.24. The zero-order valence-corrected chi connectivity index (χ0v) is 11.5. The van der Waals surface area contributed by atoms with Crippen LogP contribution in [0, 0.1) is 0 Å². The molecule has 0 aromatic carbocycles. The molecule has 2 aromatic rings. The number of amides is 1. The Bertz CT molecular complexity index is 581. The summed E-state index contributed by atoms with van der Waals surface area (Å²) in [5, 5.41) is 11.5. The van der Waals surface area contributed by atoms with Gasteiger partial charge in [0.25, 0.3) is 5.91 Å². The summed E-state index contributed by atoms with van der Waals surface area (Å²) in [4.78, 5) is 18.3. The van der Waals surface area contributed by atoms with E-state index in [9.17, 15) is 4.79 Å². The first-order valence-corrected chi connectivity index (χ1v) is 7.17. The number of aliphatic hydroxyl groups excluding tert-OH is 1. The Hall–Kier alpha value is -1.70.